The number of anilines is 1. The van der Waals surface area contributed by atoms with Crippen LogP contribution in [0.5, 0.6) is 5.75 Å². The monoisotopic (exact) mass is 221 g/mol. The number of fused-ring (bicyclic) bond motifs is 1. The van der Waals surface area contributed by atoms with Gasteiger partial charge in [0.1, 0.15) is 5.75 Å². The van der Waals surface area contributed by atoms with E-state index in [0.29, 0.717) is 5.75 Å². The molecule has 0 atom stereocenters. The molecule has 0 saturated heterocycles. The Kier molecular flexibility index (Phi) is 2.99. The molecule has 1 aromatic carbocycles. The van der Waals surface area contributed by atoms with Crippen LogP contribution < -0.4 is 9.64 Å². The third kappa shape index (κ3) is 2.10. The molecule has 0 fully saturated rings. The zero-order valence-corrected chi connectivity index (χ0v) is 9.27. The van der Waals surface area contributed by atoms with Crippen LogP contribution in [0.25, 0.3) is 0 Å². The lowest BCUT2D eigenvalue weighted by molar-refractivity contribution is -0.139. The molecule has 2 rings (SSSR count). The van der Waals surface area contributed by atoms with Crippen molar-refractivity contribution in [2.24, 2.45) is 0 Å². The Bertz CT molecular complexity index is 403. The molecular weight excluding hydrogens is 206 g/mol. The Hall–Kier alpha value is -1.71. The topological polar surface area (TPSA) is 49.8 Å². The lowest BCUT2D eigenvalue weighted by atomic mass is 10.1. The van der Waals surface area contributed by atoms with Crippen molar-refractivity contribution in [3.8, 4) is 5.75 Å². The number of nitrogens with zero attached hydrogens (tertiary/aromatic N) is 1. The van der Waals surface area contributed by atoms with Crippen molar-refractivity contribution in [1.29, 1.82) is 0 Å². The summed E-state index contributed by atoms with van der Waals surface area (Å²) in [6.07, 6.45) is 1.01. The van der Waals surface area contributed by atoms with Gasteiger partial charge in [0.2, 0.25) is 0 Å². The molecule has 1 aliphatic rings. The van der Waals surface area contributed by atoms with Crippen LogP contribution in [0.15, 0.2) is 18.2 Å². The summed E-state index contributed by atoms with van der Waals surface area (Å²) >= 11 is 0. The lowest BCUT2D eigenvalue weighted by Crippen LogP contribution is -2.19. The van der Waals surface area contributed by atoms with Gasteiger partial charge in [-0.15, -0.1) is 0 Å². The van der Waals surface area contributed by atoms with Gasteiger partial charge in [-0.05, 0) is 37.1 Å². The van der Waals surface area contributed by atoms with E-state index in [9.17, 15) is 4.79 Å². The number of hydrogen-bond acceptors (Lipinski definition) is 3. The van der Waals surface area contributed by atoms with Gasteiger partial charge in [-0.1, -0.05) is 0 Å². The first-order chi connectivity index (χ1) is 7.70. The summed E-state index contributed by atoms with van der Waals surface area (Å²) in [6.45, 7) is 3.89. The first-order valence-electron chi connectivity index (χ1n) is 5.43. The predicted molar refractivity (Wildman–Crippen MR) is 61.2 cm³/mol. The van der Waals surface area contributed by atoms with Gasteiger partial charge in [0.15, 0.2) is 6.61 Å². The fourth-order valence-electron chi connectivity index (χ4n) is 2.01. The second-order valence-corrected chi connectivity index (χ2v) is 3.80. The minimum Gasteiger partial charge on any atom is -0.482 e. The van der Waals surface area contributed by atoms with Crippen molar-refractivity contribution in [2.75, 3.05) is 24.6 Å². The average Bonchev–Trinajstić information content (AvgIpc) is 2.68. The number of carbonyl (C=O) groups is 1. The van der Waals surface area contributed by atoms with Crippen molar-refractivity contribution in [3.63, 3.8) is 0 Å². The Labute approximate surface area is 94.4 Å². The fraction of sp³-hybridized carbons (Fsp3) is 0.417. The maximum Gasteiger partial charge on any atom is 0.341 e. The highest BCUT2D eigenvalue weighted by molar-refractivity contribution is 5.68. The number of carboxylic acid groups (broad SMARTS) is 1. The van der Waals surface area contributed by atoms with E-state index in [4.69, 9.17) is 9.84 Å². The number of carboxylic acids is 1. The normalized spacial score (nSPS) is 13.7. The first-order valence-corrected chi connectivity index (χ1v) is 5.43. The maximum atomic E-state index is 10.4. The van der Waals surface area contributed by atoms with E-state index in [1.165, 1.54) is 11.3 Å². The van der Waals surface area contributed by atoms with Gasteiger partial charge in [0.25, 0.3) is 0 Å². The molecule has 86 valence electrons. The molecule has 0 amide bonds. The van der Waals surface area contributed by atoms with Gasteiger partial charge in [-0.2, -0.15) is 0 Å². The van der Waals surface area contributed by atoms with Crippen LogP contribution in [0.3, 0.4) is 0 Å². The van der Waals surface area contributed by atoms with Crippen molar-refractivity contribution >= 4 is 11.7 Å². The van der Waals surface area contributed by atoms with Crippen LogP contribution in [0.1, 0.15) is 12.5 Å². The van der Waals surface area contributed by atoms with Crippen molar-refractivity contribution in [3.05, 3.63) is 23.8 Å². The molecule has 0 radical (unpaired) electrons. The fourth-order valence-corrected chi connectivity index (χ4v) is 2.01. The SMILES string of the molecule is CCN1CCc2cc(OCC(=O)O)ccc21. The summed E-state index contributed by atoms with van der Waals surface area (Å²) in [7, 11) is 0. The Balaban J connectivity index is 2.12. The molecular formula is C12H15NO3. The first kappa shape index (κ1) is 10.8. The molecule has 4 heteroatoms. The second-order valence-electron chi connectivity index (χ2n) is 3.80. The van der Waals surface area contributed by atoms with E-state index in [1.807, 2.05) is 18.2 Å². The molecule has 1 aliphatic heterocycles. The number of likely N-dealkylation sites (N-methyl/N-ethyl adjacent to an activating group) is 1. The molecule has 1 aromatic rings. The highest BCUT2D eigenvalue weighted by Gasteiger charge is 2.17. The molecule has 4 nitrogen and oxygen atoms in total. The van der Waals surface area contributed by atoms with E-state index in [0.717, 1.165) is 19.5 Å². The third-order valence-electron chi connectivity index (χ3n) is 2.79. The minimum atomic E-state index is -0.948. The standard InChI is InChI=1S/C12H15NO3/c1-2-13-6-5-9-7-10(3-4-11(9)13)16-8-12(14)15/h3-4,7H,2,5-6,8H2,1H3,(H,14,15). The molecule has 0 unspecified atom stereocenters. The summed E-state index contributed by atoms with van der Waals surface area (Å²) in [5.74, 6) is -0.310. The number of hydrogen-bond donors (Lipinski definition) is 1. The van der Waals surface area contributed by atoms with Crippen LogP contribution in [0, 0.1) is 0 Å². The summed E-state index contributed by atoms with van der Waals surface area (Å²) < 4.78 is 5.14. The molecule has 1 heterocycles. The van der Waals surface area contributed by atoms with Gasteiger partial charge < -0.3 is 14.7 Å². The highest BCUT2D eigenvalue weighted by atomic mass is 16.5. The molecule has 0 spiro atoms. The van der Waals surface area contributed by atoms with Crippen LogP contribution in [-0.2, 0) is 11.2 Å². The van der Waals surface area contributed by atoms with Gasteiger partial charge in [0.05, 0.1) is 0 Å². The Morgan fingerprint density at radius 1 is 1.56 bits per heavy atom. The van der Waals surface area contributed by atoms with E-state index in [1.54, 1.807) is 0 Å². The van der Waals surface area contributed by atoms with Crippen molar-refractivity contribution < 1.29 is 14.6 Å². The summed E-state index contributed by atoms with van der Waals surface area (Å²) in [4.78, 5) is 12.7. The Morgan fingerprint density at radius 2 is 2.38 bits per heavy atom. The van der Waals surface area contributed by atoms with Gasteiger partial charge in [-0.25, -0.2) is 4.79 Å². The number of ether oxygens (including phenoxy) is 1. The van der Waals surface area contributed by atoms with Gasteiger partial charge >= 0.3 is 5.97 Å². The van der Waals surface area contributed by atoms with Crippen LogP contribution >= 0.6 is 0 Å². The zero-order valence-electron chi connectivity index (χ0n) is 9.27. The largest absolute Gasteiger partial charge is 0.482 e. The highest BCUT2D eigenvalue weighted by Crippen LogP contribution is 2.30. The van der Waals surface area contributed by atoms with E-state index in [-0.39, 0.29) is 6.61 Å². The van der Waals surface area contributed by atoms with Gasteiger partial charge in [0, 0.05) is 18.8 Å². The van der Waals surface area contributed by atoms with Crippen molar-refractivity contribution in [1.82, 2.24) is 0 Å². The lowest BCUT2D eigenvalue weighted by Gasteiger charge is -2.16. The van der Waals surface area contributed by atoms with Crippen LogP contribution in [-0.4, -0.2) is 30.8 Å². The smallest absolute Gasteiger partial charge is 0.341 e. The van der Waals surface area contributed by atoms with E-state index < -0.39 is 5.97 Å². The molecule has 0 aliphatic carbocycles. The van der Waals surface area contributed by atoms with Crippen LogP contribution in [0.2, 0.25) is 0 Å². The summed E-state index contributed by atoms with van der Waals surface area (Å²) in [6, 6.07) is 5.77. The molecule has 1 N–H and O–H groups in total. The van der Waals surface area contributed by atoms with Crippen LogP contribution in [0.4, 0.5) is 5.69 Å². The van der Waals surface area contributed by atoms with E-state index >= 15 is 0 Å². The zero-order chi connectivity index (χ0) is 11.5. The number of benzene rings is 1. The molecule has 0 saturated carbocycles. The summed E-state index contributed by atoms with van der Waals surface area (Å²) in [5, 5.41) is 8.52. The maximum absolute atomic E-state index is 10.4. The third-order valence-corrected chi connectivity index (χ3v) is 2.79. The molecule has 16 heavy (non-hydrogen) atoms. The Morgan fingerprint density at radius 3 is 3.06 bits per heavy atom. The quantitative estimate of drug-likeness (QED) is 0.837. The average molecular weight is 221 g/mol. The van der Waals surface area contributed by atoms with Crippen molar-refractivity contribution in [2.45, 2.75) is 13.3 Å². The minimum absolute atomic E-state index is 0.281. The predicted octanol–water partition coefficient (Wildman–Crippen LogP) is 1.53. The molecule has 0 bridgehead atoms. The molecule has 0 aromatic heterocycles. The summed E-state index contributed by atoms with van der Waals surface area (Å²) in [5.41, 5.74) is 2.48. The van der Waals surface area contributed by atoms with Gasteiger partial charge in [-0.3, -0.25) is 0 Å². The number of aliphatic carboxylic acids is 1. The van der Waals surface area contributed by atoms with E-state index in [2.05, 4.69) is 11.8 Å². The second kappa shape index (κ2) is 4.43. The number of rotatable bonds is 4.